The molecule has 0 atom stereocenters. The van der Waals surface area contributed by atoms with Crippen molar-refractivity contribution in [2.75, 3.05) is 25.4 Å². The van der Waals surface area contributed by atoms with Gasteiger partial charge in [-0.25, -0.2) is 13.4 Å². The molecule has 1 fully saturated rings. The molecule has 0 bridgehead atoms. The maximum Gasteiger partial charge on any atom is 0.256 e. The fourth-order valence-electron chi connectivity index (χ4n) is 4.22. The van der Waals surface area contributed by atoms with Crippen molar-refractivity contribution in [1.82, 2.24) is 19.8 Å². The van der Waals surface area contributed by atoms with Gasteiger partial charge in [0.05, 0.1) is 11.3 Å². The number of hydrogen-bond donors (Lipinski definition) is 1. The van der Waals surface area contributed by atoms with Crippen LogP contribution in [0.15, 0.2) is 52.8 Å². The smallest absolute Gasteiger partial charge is 0.256 e. The molecule has 2 aromatic rings. The van der Waals surface area contributed by atoms with E-state index in [4.69, 9.17) is 0 Å². The van der Waals surface area contributed by atoms with Gasteiger partial charge >= 0.3 is 0 Å². The number of fused-ring (bicyclic) bond motifs is 2. The third-order valence-corrected chi connectivity index (χ3v) is 6.94. The van der Waals surface area contributed by atoms with E-state index in [2.05, 4.69) is 20.4 Å². The van der Waals surface area contributed by atoms with Gasteiger partial charge in [-0.3, -0.25) is 4.79 Å². The summed E-state index contributed by atoms with van der Waals surface area (Å²) in [6, 6.07) is 4.03. The van der Waals surface area contributed by atoms with Crippen molar-refractivity contribution in [3.05, 3.63) is 54.0 Å². The van der Waals surface area contributed by atoms with Crippen LogP contribution in [0.4, 0.5) is 0 Å². The molecule has 8 nitrogen and oxygen atoms in total. The highest BCUT2D eigenvalue weighted by Crippen LogP contribution is 2.33. The normalized spacial score (nSPS) is 21.7. The summed E-state index contributed by atoms with van der Waals surface area (Å²) in [6.45, 7) is 1.70. The molecule has 5 rings (SSSR count). The van der Waals surface area contributed by atoms with Crippen molar-refractivity contribution >= 4 is 32.8 Å². The third-order valence-electron chi connectivity index (χ3n) is 5.78. The van der Waals surface area contributed by atoms with Gasteiger partial charge < -0.3 is 14.8 Å². The first-order valence-corrected chi connectivity index (χ1v) is 11.3. The minimum Gasteiger partial charge on any atom is -0.346 e. The molecular formula is C20H21N5O3S. The Morgan fingerprint density at radius 3 is 2.83 bits per heavy atom. The molecule has 3 aliphatic rings. The second kappa shape index (κ2) is 6.84. The van der Waals surface area contributed by atoms with E-state index in [-0.39, 0.29) is 11.7 Å². The lowest BCUT2D eigenvalue weighted by Crippen LogP contribution is -2.41. The molecule has 3 aliphatic heterocycles. The number of likely N-dealkylation sites (tertiary alicyclic amines) is 1. The number of aromatic nitrogens is 2. The minimum absolute atomic E-state index is 0.0206. The zero-order valence-electron chi connectivity index (χ0n) is 15.8. The first kappa shape index (κ1) is 18.1. The lowest BCUT2D eigenvalue weighted by Gasteiger charge is -2.33. The van der Waals surface area contributed by atoms with E-state index in [0.29, 0.717) is 37.0 Å². The molecule has 0 unspecified atom stereocenters. The molecule has 0 saturated carbocycles. The van der Waals surface area contributed by atoms with Crippen LogP contribution in [0.2, 0.25) is 0 Å². The van der Waals surface area contributed by atoms with Crippen LogP contribution in [-0.2, 0) is 14.8 Å². The lowest BCUT2D eigenvalue weighted by molar-refractivity contribution is -0.127. The predicted octanol–water partition coefficient (Wildman–Crippen LogP) is 1.77. The first-order valence-electron chi connectivity index (χ1n) is 9.71. The topological polar surface area (TPSA) is 98.7 Å². The van der Waals surface area contributed by atoms with Gasteiger partial charge in [0.15, 0.2) is 0 Å². The lowest BCUT2D eigenvalue weighted by atomic mass is 9.89. The molecule has 1 amide bonds. The predicted molar refractivity (Wildman–Crippen MR) is 110 cm³/mol. The van der Waals surface area contributed by atoms with Crippen LogP contribution >= 0.6 is 0 Å². The van der Waals surface area contributed by atoms with Gasteiger partial charge in [-0.05, 0) is 48.6 Å². The molecular weight excluding hydrogens is 390 g/mol. The summed E-state index contributed by atoms with van der Waals surface area (Å²) in [5.74, 6) is 0.721. The summed E-state index contributed by atoms with van der Waals surface area (Å²) in [6.07, 6.45) is 10.6. The average Bonchev–Trinajstić information content (AvgIpc) is 3.16. The number of pyridine rings is 1. The number of sulfonamides is 1. The Morgan fingerprint density at radius 1 is 1.17 bits per heavy atom. The van der Waals surface area contributed by atoms with Crippen molar-refractivity contribution in [2.45, 2.75) is 18.8 Å². The van der Waals surface area contributed by atoms with Crippen LogP contribution < -0.4 is 0 Å². The Hall–Kier alpha value is -2.94. The molecule has 5 heterocycles. The zero-order chi connectivity index (χ0) is 20.0. The number of nitrogens with one attached hydrogen (secondary N) is 1. The molecule has 0 spiro atoms. The highest BCUT2D eigenvalue weighted by molar-refractivity contribution is 7.90. The molecule has 0 aromatic carbocycles. The third kappa shape index (κ3) is 3.35. The molecule has 1 N–H and O–H groups in total. The van der Waals surface area contributed by atoms with Crippen LogP contribution in [0.5, 0.6) is 0 Å². The molecule has 0 aliphatic carbocycles. The number of carbonyl (C=O) groups excluding carboxylic acids is 1. The maximum absolute atomic E-state index is 13.0. The number of nitrogens with zero attached hydrogens (tertiary/aromatic N) is 4. The van der Waals surface area contributed by atoms with Crippen molar-refractivity contribution in [3.8, 4) is 0 Å². The molecule has 29 heavy (non-hydrogen) atoms. The quantitative estimate of drug-likeness (QED) is 0.812. The summed E-state index contributed by atoms with van der Waals surface area (Å²) < 4.78 is 27.0. The van der Waals surface area contributed by atoms with Crippen molar-refractivity contribution in [1.29, 1.82) is 0 Å². The van der Waals surface area contributed by atoms with Crippen LogP contribution in [0.1, 0.15) is 24.3 Å². The van der Waals surface area contributed by atoms with Crippen molar-refractivity contribution < 1.29 is 13.2 Å². The van der Waals surface area contributed by atoms with Crippen molar-refractivity contribution in [2.24, 2.45) is 4.40 Å². The van der Waals surface area contributed by atoms with E-state index in [1.54, 1.807) is 29.4 Å². The van der Waals surface area contributed by atoms with Crippen molar-refractivity contribution in [3.63, 3.8) is 0 Å². The number of amidine groups is 1. The monoisotopic (exact) mass is 411 g/mol. The van der Waals surface area contributed by atoms with Gasteiger partial charge in [0.1, 0.15) is 11.5 Å². The van der Waals surface area contributed by atoms with Crippen LogP contribution in [-0.4, -0.2) is 65.3 Å². The van der Waals surface area contributed by atoms with E-state index in [0.717, 1.165) is 23.9 Å². The summed E-state index contributed by atoms with van der Waals surface area (Å²) in [7, 11) is -3.39. The van der Waals surface area contributed by atoms with E-state index in [9.17, 15) is 13.2 Å². The highest BCUT2D eigenvalue weighted by atomic mass is 32.2. The van der Waals surface area contributed by atoms with Gasteiger partial charge in [0.25, 0.3) is 15.9 Å². The number of rotatable bonds is 2. The Morgan fingerprint density at radius 2 is 2.00 bits per heavy atom. The van der Waals surface area contributed by atoms with E-state index in [1.807, 2.05) is 17.2 Å². The molecule has 9 heteroatoms. The summed E-state index contributed by atoms with van der Waals surface area (Å²) in [5.41, 5.74) is 2.74. The number of carbonyl (C=O) groups is 1. The van der Waals surface area contributed by atoms with E-state index >= 15 is 0 Å². The molecule has 2 aromatic heterocycles. The molecule has 1 saturated heterocycles. The zero-order valence-corrected chi connectivity index (χ0v) is 16.6. The number of piperidine rings is 1. The summed E-state index contributed by atoms with van der Waals surface area (Å²) in [4.78, 5) is 24.2. The van der Waals surface area contributed by atoms with E-state index in [1.165, 1.54) is 5.56 Å². The fraction of sp³-hybridized carbons (Fsp3) is 0.350. The fourth-order valence-corrected chi connectivity index (χ4v) is 5.19. The number of hydrogen-bond acceptors (Lipinski definition) is 5. The molecule has 0 radical (unpaired) electrons. The highest BCUT2D eigenvalue weighted by Gasteiger charge is 2.29. The minimum atomic E-state index is -3.39. The summed E-state index contributed by atoms with van der Waals surface area (Å²) in [5, 5.41) is 1.15. The maximum atomic E-state index is 13.0. The SMILES string of the molecule is O=C(C1=CN2CCS(=O)(=O)N=C2C=C1)N1CCC(c2c[nH]c3ncccc23)CC1. The van der Waals surface area contributed by atoms with Gasteiger partial charge in [-0.1, -0.05) is 0 Å². The van der Waals surface area contributed by atoms with Gasteiger partial charge in [0.2, 0.25) is 0 Å². The van der Waals surface area contributed by atoms with Crippen LogP contribution in [0, 0.1) is 0 Å². The van der Waals surface area contributed by atoms with Gasteiger partial charge in [-0.2, -0.15) is 0 Å². The first-order chi connectivity index (χ1) is 14.0. The van der Waals surface area contributed by atoms with Crippen LogP contribution in [0.25, 0.3) is 11.0 Å². The Balaban J connectivity index is 1.27. The standard InChI is InChI=1S/C20H21N5O3S/c26-20(15-3-4-18-23-29(27,28)11-10-25(18)13-15)24-8-5-14(6-9-24)17-12-22-19-16(17)2-1-7-21-19/h1-4,7,12-14H,5-6,8-11H2,(H,21,22). The summed E-state index contributed by atoms with van der Waals surface area (Å²) >= 11 is 0. The van der Waals surface area contributed by atoms with Gasteiger partial charge in [-0.15, -0.1) is 4.40 Å². The average molecular weight is 411 g/mol. The largest absolute Gasteiger partial charge is 0.346 e. The second-order valence-corrected chi connectivity index (χ2v) is 9.31. The van der Waals surface area contributed by atoms with Crippen LogP contribution in [0.3, 0.4) is 0 Å². The Kier molecular flexibility index (Phi) is 4.27. The molecule has 150 valence electrons. The number of aromatic amines is 1. The Labute approximate surface area is 168 Å². The second-order valence-electron chi connectivity index (χ2n) is 7.56. The number of H-pyrrole nitrogens is 1. The Bertz CT molecular complexity index is 1170. The van der Waals surface area contributed by atoms with E-state index < -0.39 is 10.0 Å². The van der Waals surface area contributed by atoms with Gasteiger partial charge in [0, 0.05) is 43.6 Å². The number of amides is 1.